The maximum absolute atomic E-state index is 5.79. The standard InChI is InChI=1S/C12H16N4O2/c1-3-17-11-6-9(4-5-10(11)13)14-7-12-15-8(2)16-18-12/h4-6,14H,3,7,13H2,1-2H3. The molecule has 0 aliphatic rings. The van der Waals surface area contributed by atoms with Crippen molar-refractivity contribution >= 4 is 11.4 Å². The van der Waals surface area contributed by atoms with Gasteiger partial charge in [0, 0.05) is 11.8 Å². The highest BCUT2D eigenvalue weighted by Crippen LogP contribution is 2.25. The fourth-order valence-corrected chi connectivity index (χ4v) is 1.51. The number of nitrogens with two attached hydrogens (primary N) is 1. The van der Waals surface area contributed by atoms with Gasteiger partial charge in [-0.2, -0.15) is 4.98 Å². The molecule has 6 nitrogen and oxygen atoms in total. The van der Waals surface area contributed by atoms with Gasteiger partial charge in [0.25, 0.3) is 0 Å². The molecule has 0 bridgehead atoms. The molecule has 6 heteroatoms. The number of anilines is 2. The van der Waals surface area contributed by atoms with Gasteiger partial charge in [-0.3, -0.25) is 0 Å². The second-order valence-electron chi connectivity index (χ2n) is 3.77. The molecule has 18 heavy (non-hydrogen) atoms. The molecule has 0 radical (unpaired) electrons. The van der Waals surface area contributed by atoms with E-state index in [0.29, 0.717) is 36.3 Å². The zero-order valence-corrected chi connectivity index (χ0v) is 10.4. The van der Waals surface area contributed by atoms with E-state index in [1.54, 1.807) is 13.0 Å². The molecule has 0 saturated heterocycles. The van der Waals surface area contributed by atoms with Gasteiger partial charge in [-0.05, 0) is 26.0 Å². The number of hydrogen-bond donors (Lipinski definition) is 2. The van der Waals surface area contributed by atoms with Crippen LogP contribution in [0.5, 0.6) is 5.75 Å². The number of benzene rings is 1. The van der Waals surface area contributed by atoms with E-state index < -0.39 is 0 Å². The molecule has 0 fully saturated rings. The zero-order valence-electron chi connectivity index (χ0n) is 10.4. The Morgan fingerprint density at radius 3 is 2.94 bits per heavy atom. The van der Waals surface area contributed by atoms with Crippen molar-refractivity contribution in [3.8, 4) is 5.75 Å². The Bertz CT molecular complexity index is 525. The fraction of sp³-hybridized carbons (Fsp3) is 0.333. The van der Waals surface area contributed by atoms with Crippen molar-refractivity contribution < 1.29 is 9.26 Å². The van der Waals surface area contributed by atoms with Crippen LogP contribution in [0.4, 0.5) is 11.4 Å². The molecule has 0 amide bonds. The molecule has 0 saturated carbocycles. The number of aromatic nitrogens is 2. The maximum Gasteiger partial charge on any atom is 0.245 e. The van der Waals surface area contributed by atoms with Gasteiger partial charge >= 0.3 is 0 Å². The van der Waals surface area contributed by atoms with Crippen LogP contribution in [0.3, 0.4) is 0 Å². The van der Waals surface area contributed by atoms with Crippen LogP contribution in [0.25, 0.3) is 0 Å². The summed E-state index contributed by atoms with van der Waals surface area (Å²) in [6, 6.07) is 5.52. The lowest BCUT2D eigenvalue weighted by atomic mass is 10.2. The summed E-state index contributed by atoms with van der Waals surface area (Å²) >= 11 is 0. The number of rotatable bonds is 5. The summed E-state index contributed by atoms with van der Waals surface area (Å²) in [5.74, 6) is 1.84. The molecular weight excluding hydrogens is 232 g/mol. The molecule has 1 aromatic heterocycles. The molecule has 0 aliphatic carbocycles. The van der Waals surface area contributed by atoms with Gasteiger partial charge in [0.05, 0.1) is 18.8 Å². The van der Waals surface area contributed by atoms with Gasteiger partial charge in [0.15, 0.2) is 5.82 Å². The Hall–Kier alpha value is -2.24. The summed E-state index contributed by atoms with van der Waals surface area (Å²) in [6.45, 7) is 4.75. The van der Waals surface area contributed by atoms with E-state index in [4.69, 9.17) is 15.0 Å². The normalized spacial score (nSPS) is 10.3. The molecular formula is C12H16N4O2. The lowest BCUT2D eigenvalue weighted by Crippen LogP contribution is -2.02. The topological polar surface area (TPSA) is 86.2 Å². The van der Waals surface area contributed by atoms with E-state index in [1.807, 2.05) is 19.1 Å². The fourth-order valence-electron chi connectivity index (χ4n) is 1.51. The smallest absolute Gasteiger partial charge is 0.245 e. The van der Waals surface area contributed by atoms with Crippen molar-refractivity contribution in [3.05, 3.63) is 29.9 Å². The summed E-state index contributed by atoms with van der Waals surface area (Å²) in [6.07, 6.45) is 0. The first-order valence-electron chi connectivity index (χ1n) is 5.74. The summed E-state index contributed by atoms with van der Waals surface area (Å²) in [4.78, 5) is 4.11. The molecule has 96 valence electrons. The predicted molar refractivity (Wildman–Crippen MR) is 68.4 cm³/mol. The first-order valence-corrected chi connectivity index (χ1v) is 5.74. The largest absolute Gasteiger partial charge is 0.492 e. The van der Waals surface area contributed by atoms with E-state index in [0.717, 1.165) is 5.69 Å². The average molecular weight is 248 g/mol. The second-order valence-corrected chi connectivity index (χ2v) is 3.77. The van der Waals surface area contributed by atoms with Crippen LogP contribution in [0.2, 0.25) is 0 Å². The van der Waals surface area contributed by atoms with E-state index in [1.165, 1.54) is 0 Å². The lowest BCUT2D eigenvalue weighted by molar-refractivity contribution is 0.342. The van der Waals surface area contributed by atoms with E-state index in [9.17, 15) is 0 Å². The molecule has 1 aromatic carbocycles. The van der Waals surface area contributed by atoms with E-state index in [-0.39, 0.29) is 0 Å². The highest BCUT2D eigenvalue weighted by molar-refractivity contribution is 5.61. The van der Waals surface area contributed by atoms with Crippen LogP contribution >= 0.6 is 0 Å². The van der Waals surface area contributed by atoms with Crippen molar-refractivity contribution in [1.29, 1.82) is 0 Å². The summed E-state index contributed by atoms with van der Waals surface area (Å²) < 4.78 is 10.4. The average Bonchev–Trinajstić information content (AvgIpc) is 2.76. The monoisotopic (exact) mass is 248 g/mol. The predicted octanol–water partition coefficient (Wildman–Crippen LogP) is 1.97. The highest BCUT2D eigenvalue weighted by atomic mass is 16.5. The van der Waals surface area contributed by atoms with Crippen LogP contribution in [0, 0.1) is 6.92 Å². The minimum absolute atomic E-state index is 0.469. The van der Waals surface area contributed by atoms with Gasteiger partial charge < -0.3 is 20.3 Å². The molecule has 0 unspecified atom stereocenters. The van der Waals surface area contributed by atoms with E-state index in [2.05, 4.69) is 15.5 Å². The molecule has 0 atom stereocenters. The third-order valence-electron chi connectivity index (χ3n) is 2.33. The molecule has 2 rings (SSSR count). The Kier molecular flexibility index (Phi) is 3.66. The maximum atomic E-state index is 5.79. The summed E-state index contributed by atoms with van der Waals surface area (Å²) in [7, 11) is 0. The number of nitrogens with zero attached hydrogens (tertiary/aromatic N) is 2. The Morgan fingerprint density at radius 1 is 1.44 bits per heavy atom. The van der Waals surface area contributed by atoms with Crippen LogP contribution in [0.1, 0.15) is 18.6 Å². The molecule has 3 N–H and O–H groups in total. The van der Waals surface area contributed by atoms with Crippen LogP contribution in [0.15, 0.2) is 22.7 Å². The highest BCUT2D eigenvalue weighted by Gasteiger charge is 2.04. The van der Waals surface area contributed by atoms with Crippen molar-refractivity contribution in [2.24, 2.45) is 0 Å². The van der Waals surface area contributed by atoms with Gasteiger partial charge in [0.1, 0.15) is 5.75 Å². The van der Waals surface area contributed by atoms with Gasteiger partial charge in [-0.15, -0.1) is 0 Å². The van der Waals surface area contributed by atoms with E-state index >= 15 is 0 Å². The van der Waals surface area contributed by atoms with Crippen molar-refractivity contribution in [2.75, 3.05) is 17.7 Å². The number of nitrogen functional groups attached to an aromatic ring is 1. The van der Waals surface area contributed by atoms with Crippen LogP contribution in [-0.2, 0) is 6.54 Å². The first-order chi connectivity index (χ1) is 8.69. The Morgan fingerprint density at radius 2 is 2.28 bits per heavy atom. The Labute approximate surface area is 105 Å². The summed E-state index contributed by atoms with van der Waals surface area (Å²) in [5, 5.41) is 6.89. The lowest BCUT2D eigenvalue weighted by Gasteiger charge is -2.09. The molecule has 1 heterocycles. The molecule has 2 aromatic rings. The van der Waals surface area contributed by atoms with Gasteiger partial charge in [-0.25, -0.2) is 0 Å². The SMILES string of the molecule is CCOc1cc(NCc2nc(C)no2)ccc1N. The van der Waals surface area contributed by atoms with Gasteiger partial charge in [0.2, 0.25) is 5.89 Å². The number of aryl methyl sites for hydroxylation is 1. The minimum atomic E-state index is 0.469. The van der Waals surface area contributed by atoms with Crippen LogP contribution < -0.4 is 15.8 Å². The first kappa shape index (κ1) is 12.2. The summed E-state index contributed by atoms with van der Waals surface area (Å²) in [5.41, 5.74) is 7.31. The third-order valence-corrected chi connectivity index (χ3v) is 2.33. The number of ether oxygens (including phenoxy) is 1. The van der Waals surface area contributed by atoms with Crippen molar-refractivity contribution in [2.45, 2.75) is 20.4 Å². The molecule has 0 aliphatic heterocycles. The van der Waals surface area contributed by atoms with Crippen molar-refractivity contribution in [1.82, 2.24) is 10.1 Å². The zero-order chi connectivity index (χ0) is 13.0. The third kappa shape index (κ3) is 2.91. The molecule has 0 spiro atoms. The van der Waals surface area contributed by atoms with Crippen molar-refractivity contribution in [3.63, 3.8) is 0 Å². The second kappa shape index (κ2) is 5.39. The van der Waals surface area contributed by atoms with Gasteiger partial charge in [-0.1, -0.05) is 5.16 Å². The minimum Gasteiger partial charge on any atom is -0.492 e. The number of hydrogen-bond acceptors (Lipinski definition) is 6. The van der Waals surface area contributed by atoms with Crippen LogP contribution in [-0.4, -0.2) is 16.7 Å². The quantitative estimate of drug-likeness (QED) is 0.787. The Balaban J connectivity index is 2.03. The number of nitrogens with one attached hydrogen (secondary N) is 1.